The van der Waals surface area contributed by atoms with Gasteiger partial charge in [-0.2, -0.15) is 0 Å². The highest BCUT2D eigenvalue weighted by Gasteiger charge is 2.21. The standard InChI is InChI=1S/C45H31BrN4O/c1-51-32-19-17-31(18-20-32)44-39-26-25-37(49-39)42(29-13-7-3-8-14-29)35-22-21-34(47-35)41(28-11-5-2-6-12-28)36-23-24-38(48-36)43(30-15-9-4-10-16-30)40-27-33(46)45(44)50-40/h2-27,48-49H,1H3. The summed E-state index contributed by atoms with van der Waals surface area (Å²) >= 11 is 3.95. The van der Waals surface area contributed by atoms with Crippen molar-refractivity contribution in [3.05, 3.63) is 162 Å². The van der Waals surface area contributed by atoms with Gasteiger partial charge < -0.3 is 14.7 Å². The number of hydrogen-bond donors (Lipinski definition) is 2. The number of fused-ring (bicyclic) bond motifs is 8. The number of ether oxygens (including phenoxy) is 1. The van der Waals surface area contributed by atoms with E-state index in [1.54, 1.807) is 7.11 Å². The Morgan fingerprint density at radius 2 is 0.863 bits per heavy atom. The Balaban J connectivity index is 1.49. The van der Waals surface area contributed by atoms with Gasteiger partial charge in [0.05, 0.1) is 29.9 Å². The van der Waals surface area contributed by atoms with Crippen LogP contribution in [0.25, 0.3) is 89.3 Å². The molecule has 0 saturated carbocycles. The summed E-state index contributed by atoms with van der Waals surface area (Å²) in [6.45, 7) is 0. The van der Waals surface area contributed by atoms with E-state index in [1.165, 1.54) is 0 Å². The second kappa shape index (κ2) is 12.9. The number of H-pyrrole nitrogens is 2. The molecule has 2 N–H and O–H groups in total. The maximum atomic E-state index is 5.53. The fourth-order valence-electron chi connectivity index (χ4n) is 7.03. The Bertz CT molecular complexity index is 2660. The molecular weight excluding hydrogens is 692 g/mol. The first-order valence-corrected chi connectivity index (χ1v) is 17.6. The SMILES string of the molecule is COc1ccc(-c2c3nc(c(-c4ccccc4)c4ccc([nH]4)c(-c4ccccc4)c4nc(c(-c5ccccc5)c5ccc2[nH]5)C=C4)C=C3Br)cc1. The minimum atomic E-state index is 0.793. The summed E-state index contributed by atoms with van der Waals surface area (Å²) < 4.78 is 6.42. The molecule has 0 amide bonds. The zero-order valence-corrected chi connectivity index (χ0v) is 29.3. The van der Waals surface area contributed by atoms with Crippen LogP contribution >= 0.6 is 15.9 Å². The highest BCUT2D eigenvalue weighted by molar-refractivity contribution is 9.15. The number of aromatic amines is 2. The quantitative estimate of drug-likeness (QED) is 0.186. The number of nitrogens with zero attached hydrogens (tertiary/aromatic N) is 2. The van der Waals surface area contributed by atoms with E-state index in [9.17, 15) is 0 Å². The molecule has 0 aliphatic carbocycles. The number of hydrogen-bond acceptors (Lipinski definition) is 3. The monoisotopic (exact) mass is 722 g/mol. The first-order valence-electron chi connectivity index (χ1n) is 16.8. The van der Waals surface area contributed by atoms with Crippen molar-refractivity contribution < 1.29 is 4.74 Å². The number of halogens is 1. The fraction of sp³-hybridized carbons (Fsp3) is 0.0222. The molecule has 51 heavy (non-hydrogen) atoms. The highest BCUT2D eigenvalue weighted by atomic mass is 79.9. The predicted octanol–water partition coefficient (Wildman–Crippen LogP) is 12.1. The Kier molecular flexibility index (Phi) is 7.79. The summed E-state index contributed by atoms with van der Waals surface area (Å²) in [5, 5.41) is 0. The molecule has 5 heterocycles. The van der Waals surface area contributed by atoms with Crippen molar-refractivity contribution in [2.45, 2.75) is 0 Å². The minimum Gasteiger partial charge on any atom is -0.497 e. The molecule has 8 bridgehead atoms. The van der Waals surface area contributed by atoms with Gasteiger partial charge in [0.2, 0.25) is 0 Å². The van der Waals surface area contributed by atoms with Crippen LogP contribution in [0.4, 0.5) is 0 Å². The van der Waals surface area contributed by atoms with E-state index >= 15 is 0 Å². The Morgan fingerprint density at radius 3 is 1.31 bits per heavy atom. The summed E-state index contributed by atoms with van der Waals surface area (Å²) in [4.78, 5) is 18.4. The third kappa shape index (κ3) is 5.60. The van der Waals surface area contributed by atoms with Gasteiger partial charge in [-0.15, -0.1) is 0 Å². The summed E-state index contributed by atoms with van der Waals surface area (Å²) in [6, 6.07) is 48.1. The fourth-order valence-corrected chi connectivity index (χ4v) is 7.53. The number of rotatable bonds is 5. The van der Waals surface area contributed by atoms with Gasteiger partial charge in [0, 0.05) is 48.8 Å². The molecule has 0 fully saturated rings. The zero-order valence-electron chi connectivity index (χ0n) is 27.7. The van der Waals surface area contributed by atoms with Gasteiger partial charge in [-0.25, -0.2) is 9.97 Å². The van der Waals surface area contributed by atoms with Crippen LogP contribution in [0.1, 0.15) is 22.8 Å². The molecule has 4 aromatic carbocycles. The molecule has 6 heteroatoms. The highest BCUT2D eigenvalue weighted by Crippen LogP contribution is 2.41. The van der Waals surface area contributed by atoms with Crippen molar-refractivity contribution in [2.24, 2.45) is 0 Å². The van der Waals surface area contributed by atoms with E-state index in [2.05, 4.69) is 153 Å². The van der Waals surface area contributed by atoms with Crippen LogP contribution in [0.15, 0.2) is 140 Å². The van der Waals surface area contributed by atoms with E-state index in [-0.39, 0.29) is 0 Å². The van der Waals surface area contributed by atoms with Crippen molar-refractivity contribution in [1.29, 1.82) is 0 Å². The van der Waals surface area contributed by atoms with Gasteiger partial charge in [0.15, 0.2) is 0 Å². The lowest BCUT2D eigenvalue weighted by Gasteiger charge is -2.08. The molecule has 0 radical (unpaired) electrons. The second-order valence-corrected chi connectivity index (χ2v) is 13.3. The van der Waals surface area contributed by atoms with Crippen LogP contribution in [0.5, 0.6) is 5.75 Å². The van der Waals surface area contributed by atoms with Crippen molar-refractivity contribution in [3.8, 4) is 50.3 Å². The first kappa shape index (κ1) is 30.8. The first-order chi connectivity index (χ1) is 25.1. The minimum absolute atomic E-state index is 0.793. The van der Waals surface area contributed by atoms with Crippen LogP contribution < -0.4 is 4.74 Å². The average molecular weight is 724 g/mol. The van der Waals surface area contributed by atoms with E-state index in [4.69, 9.17) is 14.7 Å². The molecule has 9 rings (SSSR count). The molecule has 244 valence electrons. The maximum absolute atomic E-state index is 5.53. The molecule has 0 spiro atoms. The lowest BCUT2D eigenvalue weighted by molar-refractivity contribution is 0.415. The van der Waals surface area contributed by atoms with E-state index in [0.717, 1.165) is 99.6 Å². The predicted molar refractivity (Wildman–Crippen MR) is 215 cm³/mol. The Morgan fingerprint density at radius 1 is 0.451 bits per heavy atom. The molecule has 7 aromatic rings. The van der Waals surface area contributed by atoms with Crippen LogP contribution in [-0.2, 0) is 0 Å². The summed E-state index contributed by atoms with van der Waals surface area (Å²) in [6.07, 6.45) is 6.37. The van der Waals surface area contributed by atoms with E-state index in [1.807, 2.05) is 30.3 Å². The molecular formula is C45H31BrN4O. The van der Waals surface area contributed by atoms with E-state index in [0.29, 0.717) is 0 Å². The van der Waals surface area contributed by atoms with E-state index < -0.39 is 0 Å². The van der Waals surface area contributed by atoms with Gasteiger partial charge in [-0.05, 0) is 92.8 Å². The average Bonchev–Trinajstić information content (AvgIpc) is 4.01. The molecule has 0 saturated heterocycles. The summed E-state index contributed by atoms with van der Waals surface area (Å²) in [5.74, 6) is 0.793. The molecule has 2 aliphatic rings. The van der Waals surface area contributed by atoms with Gasteiger partial charge in [0.1, 0.15) is 5.75 Å². The van der Waals surface area contributed by atoms with Crippen LogP contribution in [0.3, 0.4) is 0 Å². The third-order valence-electron chi connectivity index (χ3n) is 9.38. The van der Waals surface area contributed by atoms with Crippen LogP contribution in [-0.4, -0.2) is 27.0 Å². The zero-order chi connectivity index (χ0) is 34.3. The number of benzene rings is 4. The molecule has 0 unspecified atom stereocenters. The van der Waals surface area contributed by atoms with Gasteiger partial charge in [0.25, 0.3) is 0 Å². The van der Waals surface area contributed by atoms with Gasteiger partial charge >= 0.3 is 0 Å². The Labute approximate surface area is 303 Å². The molecule has 2 aliphatic heterocycles. The Hall–Kier alpha value is -6.24. The van der Waals surface area contributed by atoms with Crippen molar-refractivity contribution in [1.82, 2.24) is 19.9 Å². The van der Waals surface area contributed by atoms with Gasteiger partial charge in [-0.1, -0.05) is 103 Å². The smallest absolute Gasteiger partial charge is 0.118 e. The van der Waals surface area contributed by atoms with Crippen molar-refractivity contribution >= 4 is 60.7 Å². The maximum Gasteiger partial charge on any atom is 0.118 e. The topological polar surface area (TPSA) is 66.6 Å². The van der Waals surface area contributed by atoms with Crippen LogP contribution in [0.2, 0.25) is 0 Å². The molecule has 0 atom stereocenters. The van der Waals surface area contributed by atoms with Crippen LogP contribution in [0, 0.1) is 0 Å². The largest absolute Gasteiger partial charge is 0.497 e. The lowest BCUT2D eigenvalue weighted by Crippen LogP contribution is -1.90. The normalized spacial score (nSPS) is 12.2. The lowest BCUT2D eigenvalue weighted by atomic mass is 10.0. The number of aromatic nitrogens is 4. The number of nitrogens with one attached hydrogen (secondary N) is 2. The second-order valence-electron chi connectivity index (χ2n) is 12.5. The van der Waals surface area contributed by atoms with Crippen molar-refractivity contribution in [3.63, 3.8) is 0 Å². The summed E-state index contributed by atoms with van der Waals surface area (Å²) in [5.41, 5.74) is 15.5. The molecule has 3 aromatic heterocycles. The molecule has 5 nitrogen and oxygen atoms in total. The summed E-state index contributed by atoms with van der Waals surface area (Å²) in [7, 11) is 1.69. The third-order valence-corrected chi connectivity index (χ3v) is 9.99. The van der Waals surface area contributed by atoms with Crippen molar-refractivity contribution in [2.75, 3.05) is 7.11 Å². The van der Waals surface area contributed by atoms with Gasteiger partial charge in [-0.3, -0.25) is 0 Å². The number of methoxy groups -OCH3 is 1.